The molecule has 0 unspecified atom stereocenters. The lowest BCUT2D eigenvalue weighted by Gasteiger charge is -2.14. The Hall–Kier alpha value is -3.44. The van der Waals surface area contributed by atoms with Crippen molar-refractivity contribution in [2.45, 2.75) is 32.7 Å². The molecule has 2 heterocycles. The first kappa shape index (κ1) is 25.6. The van der Waals surface area contributed by atoms with E-state index in [-0.39, 0.29) is 30.0 Å². The molecule has 2 aromatic heterocycles. The Labute approximate surface area is 211 Å². The van der Waals surface area contributed by atoms with Gasteiger partial charge in [-0.3, -0.25) is 9.36 Å². The van der Waals surface area contributed by atoms with Crippen molar-refractivity contribution in [1.29, 1.82) is 0 Å². The summed E-state index contributed by atoms with van der Waals surface area (Å²) in [6.45, 7) is 0.568. The second-order valence-corrected chi connectivity index (χ2v) is 9.62. The standard InChI is InChI=1S/C24H19ClF4N4O2S/c1-14-15(6-4-7-17(14)24(27,28)29)11-30-21(34)13-33-23(35)32(12-16-5-2-3-8-18(16)26)22(31-33)19-9-10-20(25)36-19/h2-10H,11-13H2,1H3,(H,30,34). The van der Waals surface area contributed by atoms with Crippen LogP contribution >= 0.6 is 22.9 Å². The van der Waals surface area contributed by atoms with Crippen molar-refractivity contribution < 1.29 is 22.4 Å². The molecule has 4 aromatic rings. The minimum Gasteiger partial charge on any atom is -0.350 e. The van der Waals surface area contributed by atoms with Gasteiger partial charge >= 0.3 is 11.9 Å². The van der Waals surface area contributed by atoms with Crippen LogP contribution in [0.15, 0.2) is 59.4 Å². The van der Waals surface area contributed by atoms with Crippen molar-refractivity contribution >= 4 is 28.8 Å². The molecular formula is C24H19ClF4N4O2S. The number of halogens is 5. The van der Waals surface area contributed by atoms with Crippen LogP contribution in [0.25, 0.3) is 10.7 Å². The zero-order valence-corrected chi connectivity index (χ0v) is 20.3. The zero-order chi connectivity index (χ0) is 26.0. The predicted octanol–water partition coefficient (Wildman–Crippen LogP) is 5.26. The molecule has 4 rings (SSSR count). The largest absolute Gasteiger partial charge is 0.416 e. The number of thiophene rings is 1. The number of nitrogens with zero attached hydrogens (tertiary/aromatic N) is 3. The van der Waals surface area contributed by atoms with E-state index in [9.17, 15) is 27.2 Å². The molecule has 0 spiro atoms. The van der Waals surface area contributed by atoms with Gasteiger partial charge in [-0.2, -0.15) is 13.2 Å². The molecule has 1 amide bonds. The van der Waals surface area contributed by atoms with E-state index in [1.54, 1.807) is 18.2 Å². The van der Waals surface area contributed by atoms with Crippen LogP contribution in [0.2, 0.25) is 4.34 Å². The first-order valence-corrected chi connectivity index (χ1v) is 11.8. The fourth-order valence-corrected chi connectivity index (χ4v) is 4.70. The predicted molar refractivity (Wildman–Crippen MR) is 128 cm³/mol. The minimum atomic E-state index is -4.51. The normalized spacial score (nSPS) is 11.6. The van der Waals surface area contributed by atoms with Crippen LogP contribution in [-0.4, -0.2) is 20.3 Å². The van der Waals surface area contributed by atoms with Gasteiger partial charge in [-0.1, -0.05) is 41.9 Å². The van der Waals surface area contributed by atoms with E-state index in [1.807, 2.05) is 0 Å². The zero-order valence-electron chi connectivity index (χ0n) is 18.8. The van der Waals surface area contributed by atoms with Crippen LogP contribution in [0.4, 0.5) is 17.6 Å². The highest BCUT2D eigenvalue weighted by molar-refractivity contribution is 7.19. The highest BCUT2D eigenvalue weighted by Gasteiger charge is 2.32. The van der Waals surface area contributed by atoms with Crippen molar-refractivity contribution in [2.24, 2.45) is 0 Å². The SMILES string of the molecule is Cc1c(CNC(=O)Cn2nc(-c3ccc(Cl)s3)n(Cc3ccccc3F)c2=O)cccc1C(F)(F)F. The van der Waals surface area contributed by atoms with E-state index in [0.717, 1.165) is 10.7 Å². The van der Waals surface area contributed by atoms with E-state index in [1.165, 1.54) is 53.2 Å². The summed E-state index contributed by atoms with van der Waals surface area (Å²) in [5.41, 5.74) is -0.870. The molecule has 0 saturated heterocycles. The molecule has 188 valence electrons. The van der Waals surface area contributed by atoms with E-state index in [4.69, 9.17) is 11.6 Å². The Kier molecular flexibility index (Phi) is 7.32. The summed E-state index contributed by atoms with van der Waals surface area (Å²) in [5, 5.41) is 6.80. The summed E-state index contributed by atoms with van der Waals surface area (Å²) in [6, 6.07) is 13.0. The Morgan fingerprint density at radius 1 is 1.08 bits per heavy atom. The molecule has 1 N–H and O–H groups in total. The summed E-state index contributed by atoms with van der Waals surface area (Å²) in [7, 11) is 0. The monoisotopic (exact) mass is 538 g/mol. The first-order valence-electron chi connectivity index (χ1n) is 10.6. The first-order chi connectivity index (χ1) is 17.0. The molecule has 2 aromatic carbocycles. The van der Waals surface area contributed by atoms with Gasteiger partial charge in [0.1, 0.15) is 12.4 Å². The molecule has 0 fully saturated rings. The van der Waals surface area contributed by atoms with Gasteiger partial charge in [0.05, 0.1) is 21.3 Å². The molecule has 0 aliphatic carbocycles. The van der Waals surface area contributed by atoms with E-state index in [0.29, 0.717) is 14.8 Å². The van der Waals surface area contributed by atoms with Crippen LogP contribution in [0.5, 0.6) is 0 Å². The average molecular weight is 539 g/mol. The maximum atomic E-state index is 14.3. The lowest BCUT2D eigenvalue weighted by atomic mass is 10.0. The lowest BCUT2D eigenvalue weighted by Crippen LogP contribution is -2.33. The molecule has 0 radical (unpaired) electrons. The van der Waals surface area contributed by atoms with Gasteiger partial charge in [-0.05, 0) is 42.3 Å². The number of aromatic nitrogens is 3. The Bertz CT molecular complexity index is 1480. The summed E-state index contributed by atoms with van der Waals surface area (Å²) in [6.07, 6.45) is -4.51. The number of alkyl halides is 3. The molecular weight excluding hydrogens is 520 g/mol. The van der Waals surface area contributed by atoms with Crippen LogP contribution in [0.1, 0.15) is 22.3 Å². The number of hydrogen-bond acceptors (Lipinski definition) is 4. The topological polar surface area (TPSA) is 68.9 Å². The maximum absolute atomic E-state index is 14.3. The second-order valence-electron chi connectivity index (χ2n) is 7.91. The Morgan fingerprint density at radius 2 is 1.81 bits per heavy atom. The summed E-state index contributed by atoms with van der Waals surface area (Å²) < 4.78 is 56.4. The maximum Gasteiger partial charge on any atom is 0.416 e. The fraction of sp³-hybridized carbons (Fsp3) is 0.208. The molecule has 36 heavy (non-hydrogen) atoms. The quantitative estimate of drug-likeness (QED) is 0.326. The summed E-state index contributed by atoms with van der Waals surface area (Å²) >= 11 is 7.20. The van der Waals surface area contributed by atoms with Crippen LogP contribution in [-0.2, 0) is 30.6 Å². The number of hydrogen-bond donors (Lipinski definition) is 1. The number of carbonyl (C=O) groups excluding carboxylic acids is 1. The molecule has 0 aliphatic heterocycles. The Balaban J connectivity index is 1.57. The molecule has 12 heteroatoms. The summed E-state index contributed by atoms with van der Waals surface area (Å²) in [5.74, 6) is -0.914. The molecule has 0 atom stereocenters. The second kappa shape index (κ2) is 10.3. The lowest BCUT2D eigenvalue weighted by molar-refractivity contribution is -0.138. The van der Waals surface area contributed by atoms with Crippen molar-refractivity contribution in [3.05, 3.63) is 97.5 Å². The molecule has 6 nitrogen and oxygen atoms in total. The van der Waals surface area contributed by atoms with Gasteiger partial charge in [-0.15, -0.1) is 16.4 Å². The van der Waals surface area contributed by atoms with Crippen molar-refractivity contribution in [2.75, 3.05) is 0 Å². The third kappa shape index (κ3) is 5.52. The van der Waals surface area contributed by atoms with Crippen LogP contribution in [0.3, 0.4) is 0 Å². The van der Waals surface area contributed by atoms with Gasteiger partial charge in [0.2, 0.25) is 5.91 Å². The Morgan fingerprint density at radius 3 is 2.47 bits per heavy atom. The van der Waals surface area contributed by atoms with Crippen LogP contribution in [0, 0.1) is 12.7 Å². The number of carbonyl (C=O) groups is 1. The van der Waals surface area contributed by atoms with Crippen molar-refractivity contribution in [3.63, 3.8) is 0 Å². The van der Waals surface area contributed by atoms with Gasteiger partial charge in [0, 0.05) is 12.1 Å². The number of nitrogens with one attached hydrogen (secondary N) is 1. The van der Waals surface area contributed by atoms with E-state index >= 15 is 0 Å². The van der Waals surface area contributed by atoms with E-state index < -0.39 is 35.7 Å². The van der Waals surface area contributed by atoms with Crippen molar-refractivity contribution in [3.8, 4) is 10.7 Å². The number of rotatable bonds is 7. The third-order valence-electron chi connectivity index (χ3n) is 5.52. The van der Waals surface area contributed by atoms with Gasteiger partial charge in [0.15, 0.2) is 5.82 Å². The number of benzene rings is 2. The van der Waals surface area contributed by atoms with Gasteiger partial charge < -0.3 is 5.32 Å². The average Bonchev–Trinajstić information content (AvgIpc) is 3.37. The smallest absolute Gasteiger partial charge is 0.350 e. The highest BCUT2D eigenvalue weighted by Crippen LogP contribution is 2.33. The third-order valence-corrected chi connectivity index (χ3v) is 6.75. The highest BCUT2D eigenvalue weighted by atomic mass is 35.5. The van der Waals surface area contributed by atoms with Crippen LogP contribution < -0.4 is 11.0 Å². The minimum absolute atomic E-state index is 0.00786. The molecule has 0 bridgehead atoms. The fourth-order valence-electron chi connectivity index (χ4n) is 3.67. The summed E-state index contributed by atoms with van der Waals surface area (Å²) in [4.78, 5) is 26.2. The molecule has 0 saturated carbocycles. The van der Waals surface area contributed by atoms with Gasteiger partial charge in [-0.25, -0.2) is 13.9 Å². The van der Waals surface area contributed by atoms with E-state index in [2.05, 4.69) is 10.4 Å². The van der Waals surface area contributed by atoms with Gasteiger partial charge in [0.25, 0.3) is 0 Å². The molecule has 0 aliphatic rings. The number of amides is 1. The van der Waals surface area contributed by atoms with Crippen molar-refractivity contribution in [1.82, 2.24) is 19.7 Å².